The molecule has 1 aliphatic rings. The number of carboxylic acids is 1. The second kappa shape index (κ2) is 8.24. The van der Waals surface area contributed by atoms with E-state index in [9.17, 15) is 13.6 Å². The molecule has 0 bridgehead atoms. The van der Waals surface area contributed by atoms with Gasteiger partial charge in [0.1, 0.15) is 5.75 Å². The van der Waals surface area contributed by atoms with Gasteiger partial charge in [-0.15, -0.1) is 0 Å². The molecule has 0 saturated carbocycles. The molecule has 0 amide bonds. The normalized spacial score (nSPS) is 20.4. The van der Waals surface area contributed by atoms with Crippen LogP contribution in [0.4, 0.5) is 8.78 Å². The van der Waals surface area contributed by atoms with Crippen LogP contribution < -0.4 is 4.74 Å². The summed E-state index contributed by atoms with van der Waals surface area (Å²) in [6.07, 6.45) is 3.05. The zero-order valence-electron chi connectivity index (χ0n) is 13.3. The largest absolute Gasteiger partial charge is 0.481 e. The number of benzene rings is 1. The van der Waals surface area contributed by atoms with E-state index >= 15 is 0 Å². The maximum absolute atomic E-state index is 12.2. The molecule has 6 heteroatoms. The minimum Gasteiger partial charge on any atom is -0.481 e. The fourth-order valence-corrected chi connectivity index (χ4v) is 3.15. The number of alkyl halides is 2. The molecule has 2 unspecified atom stereocenters. The summed E-state index contributed by atoms with van der Waals surface area (Å²) in [5, 5.41) is 8.81. The zero-order chi connectivity index (χ0) is 16.8. The van der Waals surface area contributed by atoms with Crippen LogP contribution in [-0.4, -0.2) is 35.7 Å². The van der Waals surface area contributed by atoms with Gasteiger partial charge in [0.05, 0.1) is 0 Å². The highest BCUT2D eigenvalue weighted by Gasteiger charge is 2.24. The Balaban J connectivity index is 1.93. The van der Waals surface area contributed by atoms with Gasteiger partial charge in [-0.3, -0.25) is 9.69 Å². The summed E-state index contributed by atoms with van der Waals surface area (Å²) in [6.45, 7) is 1.13. The number of ether oxygens (including phenoxy) is 1. The van der Waals surface area contributed by atoms with Gasteiger partial charge in [0, 0.05) is 19.0 Å². The van der Waals surface area contributed by atoms with E-state index in [4.69, 9.17) is 5.11 Å². The number of carbonyl (C=O) groups is 1. The minimum absolute atomic E-state index is 0.161. The number of hydrogen-bond donors (Lipinski definition) is 1. The van der Waals surface area contributed by atoms with Crippen LogP contribution in [-0.2, 0) is 4.79 Å². The van der Waals surface area contributed by atoms with Crippen molar-refractivity contribution in [1.29, 1.82) is 0 Å². The Morgan fingerprint density at radius 3 is 2.70 bits per heavy atom. The number of carboxylic acid groups (broad SMARTS) is 1. The lowest BCUT2D eigenvalue weighted by Gasteiger charge is -2.37. The maximum atomic E-state index is 12.2. The molecule has 0 aromatic heterocycles. The van der Waals surface area contributed by atoms with Crippen LogP contribution in [0.1, 0.15) is 44.2 Å². The van der Waals surface area contributed by atoms with E-state index in [0.717, 1.165) is 31.5 Å². The summed E-state index contributed by atoms with van der Waals surface area (Å²) in [5.74, 6) is -0.178. The van der Waals surface area contributed by atoms with E-state index in [0.29, 0.717) is 12.3 Å². The van der Waals surface area contributed by atoms with Gasteiger partial charge in [0.15, 0.2) is 0 Å². The fraction of sp³-hybridized carbons (Fsp3) is 0.588. The Morgan fingerprint density at radius 2 is 2.09 bits per heavy atom. The van der Waals surface area contributed by atoms with Crippen LogP contribution in [0.15, 0.2) is 24.3 Å². The summed E-state index contributed by atoms with van der Waals surface area (Å²) in [4.78, 5) is 13.0. The molecular weight excluding hydrogens is 304 g/mol. The average molecular weight is 327 g/mol. The Kier molecular flexibility index (Phi) is 6.33. The predicted octanol–water partition coefficient (Wildman–Crippen LogP) is 3.93. The van der Waals surface area contributed by atoms with Crippen molar-refractivity contribution < 1.29 is 23.4 Å². The molecule has 1 aliphatic heterocycles. The van der Waals surface area contributed by atoms with Gasteiger partial charge in [-0.25, -0.2) is 0 Å². The first-order valence-corrected chi connectivity index (χ1v) is 7.96. The van der Waals surface area contributed by atoms with Crippen LogP contribution in [0.25, 0.3) is 0 Å². The molecule has 128 valence electrons. The van der Waals surface area contributed by atoms with E-state index in [1.165, 1.54) is 0 Å². The molecule has 1 aromatic rings. The number of aliphatic carboxylic acids is 1. The van der Waals surface area contributed by atoms with Crippen molar-refractivity contribution in [2.75, 3.05) is 13.1 Å². The maximum Gasteiger partial charge on any atom is 0.387 e. The quantitative estimate of drug-likeness (QED) is 0.824. The second-order valence-electron chi connectivity index (χ2n) is 6.06. The van der Waals surface area contributed by atoms with Crippen molar-refractivity contribution in [2.45, 2.75) is 45.3 Å². The van der Waals surface area contributed by atoms with Crippen LogP contribution in [0, 0.1) is 5.92 Å². The van der Waals surface area contributed by atoms with Gasteiger partial charge in [-0.1, -0.05) is 12.1 Å². The molecule has 0 radical (unpaired) electrons. The third-order valence-corrected chi connectivity index (χ3v) is 4.45. The van der Waals surface area contributed by atoms with Crippen molar-refractivity contribution in [3.63, 3.8) is 0 Å². The molecule has 4 nitrogen and oxygen atoms in total. The standard InChI is InChI=1S/C17H23F2NO3/c1-12(14-5-7-15(8-6-14)23-17(18)19)20-10-2-3-13(11-20)4-9-16(21)22/h5-8,12-13,17H,2-4,9-11H2,1H3,(H,21,22). The Bertz CT molecular complexity index is 507. The third-order valence-electron chi connectivity index (χ3n) is 4.45. The van der Waals surface area contributed by atoms with Gasteiger partial charge in [-0.2, -0.15) is 8.78 Å². The molecule has 1 aromatic carbocycles. The minimum atomic E-state index is -2.81. The van der Waals surface area contributed by atoms with E-state index in [1.54, 1.807) is 12.1 Å². The molecule has 0 aliphatic carbocycles. The zero-order valence-corrected chi connectivity index (χ0v) is 13.3. The predicted molar refractivity (Wildman–Crippen MR) is 82.7 cm³/mol. The Morgan fingerprint density at radius 1 is 1.39 bits per heavy atom. The van der Waals surface area contributed by atoms with Gasteiger partial charge in [0.25, 0.3) is 0 Å². The number of likely N-dealkylation sites (tertiary alicyclic amines) is 1. The SMILES string of the molecule is CC(c1ccc(OC(F)F)cc1)N1CCCC(CCC(=O)O)C1. The molecule has 1 N–H and O–H groups in total. The highest BCUT2D eigenvalue weighted by atomic mass is 19.3. The first-order chi connectivity index (χ1) is 11.0. The number of rotatable bonds is 7. The molecule has 1 saturated heterocycles. The van der Waals surface area contributed by atoms with E-state index in [-0.39, 0.29) is 18.2 Å². The lowest BCUT2D eigenvalue weighted by Crippen LogP contribution is -2.37. The van der Waals surface area contributed by atoms with Gasteiger partial charge >= 0.3 is 12.6 Å². The lowest BCUT2D eigenvalue weighted by atomic mass is 9.91. The van der Waals surface area contributed by atoms with Gasteiger partial charge in [-0.05, 0) is 56.3 Å². The molecule has 0 spiro atoms. The van der Waals surface area contributed by atoms with Crippen molar-refractivity contribution in [2.24, 2.45) is 5.92 Å². The van der Waals surface area contributed by atoms with E-state index in [1.807, 2.05) is 12.1 Å². The highest BCUT2D eigenvalue weighted by molar-refractivity contribution is 5.66. The number of hydrogen-bond acceptors (Lipinski definition) is 3. The topological polar surface area (TPSA) is 49.8 Å². The first kappa shape index (κ1) is 17.7. The third kappa shape index (κ3) is 5.46. The monoisotopic (exact) mass is 327 g/mol. The lowest BCUT2D eigenvalue weighted by molar-refractivity contribution is -0.137. The second-order valence-corrected chi connectivity index (χ2v) is 6.06. The van der Waals surface area contributed by atoms with Crippen molar-refractivity contribution in [1.82, 2.24) is 4.90 Å². The van der Waals surface area contributed by atoms with Gasteiger partial charge < -0.3 is 9.84 Å². The average Bonchev–Trinajstić information content (AvgIpc) is 2.53. The Hall–Kier alpha value is -1.69. The van der Waals surface area contributed by atoms with Crippen LogP contribution >= 0.6 is 0 Å². The summed E-state index contributed by atoms with van der Waals surface area (Å²) < 4.78 is 28.7. The van der Waals surface area contributed by atoms with E-state index in [2.05, 4.69) is 16.6 Å². The van der Waals surface area contributed by atoms with Gasteiger partial charge in [0.2, 0.25) is 0 Å². The molecule has 1 fully saturated rings. The summed E-state index contributed by atoms with van der Waals surface area (Å²) in [6, 6.07) is 6.91. The molecular formula is C17H23F2NO3. The first-order valence-electron chi connectivity index (χ1n) is 7.96. The fourth-order valence-electron chi connectivity index (χ4n) is 3.15. The number of nitrogens with zero attached hydrogens (tertiary/aromatic N) is 1. The van der Waals surface area contributed by atoms with Crippen molar-refractivity contribution in [3.05, 3.63) is 29.8 Å². The van der Waals surface area contributed by atoms with Crippen LogP contribution in [0.3, 0.4) is 0 Å². The van der Waals surface area contributed by atoms with Crippen molar-refractivity contribution in [3.8, 4) is 5.75 Å². The molecule has 23 heavy (non-hydrogen) atoms. The van der Waals surface area contributed by atoms with Crippen LogP contribution in [0.2, 0.25) is 0 Å². The molecule has 2 rings (SSSR count). The highest BCUT2D eigenvalue weighted by Crippen LogP contribution is 2.29. The molecule has 1 heterocycles. The summed E-state index contributed by atoms with van der Waals surface area (Å²) in [5.41, 5.74) is 1.05. The van der Waals surface area contributed by atoms with E-state index < -0.39 is 12.6 Å². The molecule has 2 atom stereocenters. The number of piperidine rings is 1. The van der Waals surface area contributed by atoms with Crippen molar-refractivity contribution >= 4 is 5.97 Å². The smallest absolute Gasteiger partial charge is 0.387 e. The Labute approximate surface area is 135 Å². The summed E-state index contributed by atoms with van der Waals surface area (Å²) in [7, 11) is 0. The summed E-state index contributed by atoms with van der Waals surface area (Å²) >= 11 is 0. The number of halogens is 2. The van der Waals surface area contributed by atoms with Crippen LogP contribution in [0.5, 0.6) is 5.75 Å².